The van der Waals surface area contributed by atoms with Crippen molar-refractivity contribution in [2.24, 2.45) is 0 Å². The summed E-state index contributed by atoms with van der Waals surface area (Å²) in [5, 5.41) is 0. The van der Waals surface area contributed by atoms with Crippen LogP contribution in [-0.4, -0.2) is 30.6 Å². The topological polar surface area (TPSA) is 29.5 Å². The van der Waals surface area contributed by atoms with Crippen molar-refractivity contribution < 1.29 is 18.3 Å². The SMILES string of the molecule is CCOCC(=O)N1CCC[C@@H]1c1ccc(F)c(F)c1. The predicted molar refractivity (Wildman–Crippen MR) is 66.5 cm³/mol. The first-order valence-electron chi connectivity index (χ1n) is 6.45. The van der Waals surface area contributed by atoms with Crippen LogP contribution in [0.5, 0.6) is 0 Å². The molecule has 0 saturated carbocycles. The van der Waals surface area contributed by atoms with Crippen LogP contribution in [0.15, 0.2) is 18.2 Å². The Hall–Kier alpha value is -1.49. The van der Waals surface area contributed by atoms with E-state index in [-0.39, 0.29) is 18.6 Å². The van der Waals surface area contributed by atoms with Crippen molar-refractivity contribution in [2.75, 3.05) is 19.8 Å². The number of halogens is 2. The molecular weight excluding hydrogens is 252 g/mol. The van der Waals surface area contributed by atoms with E-state index < -0.39 is 11.6 Å². The van der Waals surface area contributed by atoms with Gasteiger partial charge in [0.1, 0.15) is 6.61 Å². The van der Waals surface area contributed by atoms with Gasteiger partial charge in [-0.05, 0) is 37.5 Å². The number of rotatable bonds is 4. The molecule has 1 atom stereocenters. The molecule has 1 heterocycles. The molecule has 1 fully saturated rings. The van der Waals surface area contributed by atoms with E-state index in [1.807, 2.05) is 6.92 Å². The van der Waals surface area contributed by atoms with Crippen molar-refractivity contribution >= 4 is 5.91 Å². The number of benzene rings is 1. The maximum Gasteiger partial charge on any atom is 0.249 e. The van der Waals surface area contributed by atoms with Crippen LogP contribution >= 0.6 is 0 Å². The lowest BCUT2D eigenvalue weighted by atomic mass is 10.0. The van der Waals surface area contributed by atoms with Crippen molar-refractivity contribution in [2.45, 2.75) is 25.8 Å². The summed E-state index contributed by atoms with van der Waals surface area (Å²) in [5.74, 6) is -1.84. The molecule has 104 valence electrons. The van der Waals surface area contributed by atoms with Gasteiger partial charge in [-0.15, -0.1) is 0 Å². The molecule has 1 saturated heterocycles. The van der Waals surface area contributed by atoms with E-state index in [0.29, 0.717) is 18.7 Å². The highest BCUT2D eigenvalue weighted by Gasteiger charge is 2.30. The smallest absolute Gasteiger partial charge is 0.249 e. The van der Waals surface area contributed by atoms with Crippen LogP contribution in [0.4, 0.5) is 8.78 Å². The third-order valence-electron chi connectivity index (χ3n) is 3.33. The molecule has 1 aliphatic rings. The molecule has 0 spiro atoms. The van der Waals surface area contributed by atoms with Crippen LogP contribution in [0.1, 0.15) is 31.4 Å². The first-order valence-corrected chi connectivity index (χ1v) is 6.45. The number of nitrogens with zero attached hydrogens (tertiary/aromatic N) is 1. The Morgan fingerprint density at radius 3 is 2.89 bits per heavy atom. The normalized spacial score (nSPS) is 18.9. The largest absolute Gasteiger partial charge is 0.372 e. The molecule has 1 aliphatic heterocycles. The Kier molecular flexibility index (Phi) is 4.47. The van der Waals surface area contributed by atoms with Gasteiger partial charge in [-0.3, -0.25) is 4.79 Å². The van der Waals surface area contributed by atoms with Crippen LogP contribution < -0.4 is 0 Å². The van der Waals surface area contributed by atoms with Gasteiger partial charge in [-0.25, -0.2) is 8.78 Å². The molecule has 3 nitrogen and oxygen atoms in total. The van der Waals surface area contributed by atoms with Crippen LogP contribution in [0, 0.1) is 11.6 Å². The summed E-state index contributed by atoms with van der Waals surface area (Å²) in [6.07, 6.45) is 1.63. The predicted octanol–water partition coefficient (Wildman–Crippen LogP) is 2.66. The highest BCUT2D eigenvalue weighted by atomic mass is 19.2. The maximum absolute atomic E-state index is 13.3. The van der Waals surface area contributed by atoms with Gasteiger partial charge in [0.15, 0.2) is 11.6 Å². The zero-order chi connectivity index (χ0) is 13.8. The van der Waals surface area contributed by atoms with E-state index in [9.17, 15) is 13.6 Å². The van der Waals surface area contributed by atoms with Gasteiger partial charge in [-0.2, -0.15) is 0 Å². The molecule has 1 aromatic carbocycles. The first kappa shape index (κ1) is 13.9. The average molecular weight is 269 g/mol. The highest BCUT2D eigenvalue weighted by molar-refractivity contribution is 5.78. The van der Waals surface area contributed by atoms with Gasteiger partial charge < -0.3 is 9.64 Å². The summed E-state index contributed by atoms with van der Waals surface area (Å²) in [5.41, 5.74) is 0.640. The van der Waals surface area contributed by atoms with Gasteiger partial charge in [-0.1, -0.05) is 6.07 Å². The van der Waals surface area contributed by atoms with E-state index in [4.69, 9.17) is 4.74 Å². The molecule has 0 bridgehead atoms. The summed E-state index contributed by atoms with van der Waals surface area (Å²) in [7, 11) is 0. The Labute approximate surface area is 111 Å². The number of carbonyl (C=O) groups excluding carboxylic acids is 1. The lowest BCUT2D eigenvalue weighted by Gasteiger charge is -2.25. The van der Waals surface area contributed by atoms with Crippen molar-refractivity contribution in [3.05, 3.63) is 35.4 Å². The standard InChI is InChI=1S/C14H17F2NO2/c1-2-19-9-14(18)17-7-3-4-13(17)10-5-6-11(15)12(16)8-10/h5-6,8,13H,2-4,7,9H2,1H3/t13-/m1/s1. The van der Waals surface area contributed by atoms with E-state index in [1.165, 1.54) is 12.1 Å². The number of amides is 1. The molecule has 0 radical (unpaired) electrons. The van der Waals surface area contributed by atoms with Gasteiger partial charge in [0, 0.05) is 13.2 Å². The molecule has 1 aromatic rings. The van der Waals surface area contributed by atoms with Crippen LogP contribution in [0.3, 0.4) is 0 Å². The summed E-state index contributed by atoms with van der Waals surface area (Å²) in [4.78, 5) is 13.7. The van der Waals surface area contributed by atoms with E-state index in [1.54, 1.807) is 4.90 Å². The Morgan fingerprint density at radius 2 is 2.21 bits per heavy atom. The summed E-state index contributed by atoms with van der Waals surface area (Å²) >= 11 is 0. The van der Waals surface area contributed by atoms with Crippen LogP contribution in [0.2, 0.25) is 0 Å². The summed E-state index contributed by atoms with van der Waals surface area (Å²) < 4.78 is 31.3. The zero-order valence-electron chi connectivity index (χ0n) is 10.9. The third-order valence-corrected chi connectivity index (χ3v) is 3.33. The van der Waals surface area contributed by atoms with E-state index >= 15 is 0 Å². The quantitative estimate of drug-likeness (QED) is 0.841. The minimum absolute atomic E-state index is 0.0384. The number of hydrogen-bond acceptors (Lipinski definition) is 2. The summed E-state index contributed by atoms with van der Waals surface area (Å²) in [6.45, 7) is 2.98. The van der Waals surface area contributed by atoms with Gasteiger partial charge in [0.25, 0.3) is 0 Å². The second-order valence-electron chi connectivity index (χ2n) is 4.56. The maximum atomic E-state index is 13.3. The molecule has 2 rings (SSSR count). The van der Waals surface area contributed by atoms with Crippen molar-refractivity contribution in [3.63, 3.8) is 0 Å². The Balaban J connectivity index is 2.13. The second-order valence-corrected chi connectivity index (χ2v) is 4.56. The fourth-order valence-corrected chi connectivity index (χ4v) is 2.40. The van der Waals surface area contributed by atoms with Crippen molar-refractivity contribution in [3.8, 4) is 0 Å². The monoisotopic (exact) mass is 269 g/mol. The summed E-state index contributed by atoms with van der Waals surface area (Å²) in [6, 6.07) is 3.64. The van der Waals surface area contributed by atoms with Crippen molar-refractivity contribution in [1.82, 2.24) is 4.90 Å². The highest BCUT2D eigenvalue weighted by Crippen LogP contribution is 2.32. The Bertz CT molecular complexity index is 465. The molecule has 5 heteroatoms. The lowest BCUT2D eigenvalue weighted by molar-refractivity contribution is -0.136. The molecule has 0 N–H and O–H groups in total. The lowest BCUT2D eigenvalue weighted by Crippen LogP contribution is -2.33. The first-order chi connectivity index (χ1) is 9.13. The fourth-order valence-electron chi connectivity index (χ4n) is 2.40. The molecule has 0 unspecified atom stereocenters. The molecular formula is C14H17F2NO2. The molecule has 0 aromatic heterocycles. The van der Waals surface area contributed by atoms with Crippen LogP contribution in [0.25, 0.3) is 0 Å². The Morgan fingerprint density at radius 1 is 1.42 bits per heavy atom. The number of ether oxygens (including phenoxy) is 1. The van der Waals surface area contributed by atoms with Crippen molar-refractivity contribution in [1.29, 1.82) is 0 Å². The average Bonchev–Trinajstić information content (AvgIpc) is 2.88. The third kappa shape index (κ3) is 3.10. The van der Waals surface area contributed by atoms with Gasteiger partial charge >= 0.3 is 0 Å². The van der Waals surface area contributed by atoms with Gasteiger partial charge in [0.05, 0.1) is 6.04 Å². The number of hydrogen-bond donors (Lipinski definition) is 0. The minimum Gasteiger partial charge on any atom is -0.372 e. The van der Waals surface area contributed by atoms with Gasteiger partial charge in [0.2, 0.25) is 5.91 Å². The minimum atomic E-state index is -0.874. The number of likely N-dealkylation sites (tertiary alicyclic amines) is 1. The zero-order valence-corrected chi connectivity index (χ0v) is 10.9. The van der Waals surface area contributed by atoms with E-state index in [0.717, 1.165) is 18.9 Å². The van der Waals surface area contributed by atoms with E-state index in [2.05, 4.69) is 0 Å². The van der Waals surface area contributed by atoms with Crippen LogP contribution in [-0.2, 0) is 9.53 Å². The molecule has 19 heavy (non-hydrogen) atoms. The fraction of sp³-hybridized carbons (Fsp3) is 0.500. The second kappa shape index (κ2) is 6.10. The molecule has 1 amide bonds. The number of carbonyl (C=O) groups is 1. The molecule has 0 aliphatic carbocycles.